The van der Waals surface area contributed by atoms with E-state index < -0.39 is 29.4 Å². The van der Waals surface area contributed by atoms with E-state index in [0.717, 1.165) is 6.07 Å². The van der Waals surface area contributed by atoms with Crippen molar-refractivity contribution in [3.8, 4) is 0 Å². The van der Waals surface area contributed by atoms with Crippen LogP contribution in [0.3, 0.4) is 0 Å². The van der Waals surface area contributed by atoms with Crippen molar-refractivity contribution in [1.82, 2.24) is 9.88 Å². The van der Waals surface area contributed by atoms with Gasteiger partial charge in [0.25, 0.3) is 11.6 Å². The number of carbonyl (C=O) groups is 2. The maximum Gasteiger partial charge on any atom is 0.326 e. The number of aliphatic carboxylic acids is 1. The van der Waals surface area contributed by atoms with Crippen LogP contribution in [-0.4, -0.2) is 44.2 Å². The van der Waals surface area contributed by atoms with Crippen LogP contribution in [-0.2, 0) is 11.3 Å². The van der Waals surface area contributed by atoms with Crippen LogP contribution in [0.15, 0.2) is 12.3 Å². The summed E-state index contributed by atoms with van der Waals surface area (Å²) in [7, 11) is 0. The summed E-state index contributed by atoms with van der Waals surface area (Å²) in [4.78, 5) is 32.9. The van der Waals surface area contributed by atoms with Crippen molar-refractivity contribution in [2.45, 2.75) is 25.9 Å². The molecule has 0 fully saturated rings. The van der Waals surface area contributed by atoms with Gasteiger partial charge in [0.2, 0.25) is 0 Å². The van der Waals surface area contributed by atoms with Crippen molar-refractivity contribution >= 4 is 17.6 Å². The largest absolute Gasteiger partial charge is 0.480 e. The van der Waals surface area contributed by atoms with E-state index >= 15 is 0 Å². The smallest absolute Gasteiger partial charge is 0.326 e. The summed E-state index contributed by atoms with van der Waals surface area (Å²) < 4.78 is 1.35. The predicted octanol–water partition coefficient (Wildman–Crippen LogP) is -0.0184. The number of nitro groups is 1. The van der Waals surface area contributed by atoms with Crippen molar-refractivity contribution in [3.05, 3.63) is 28.1 Å². The highest BCUT2D eigenvalue weighted by atomic mass is 16.6. The Kier molecular flexibility index (Phi) is 5.21. The summed E-state index contributed by atoms with van der Waals surface area (Å²) in [6, 6.07) is -0.164. The molecule has 0 bridgehead atoms. The first-order valence-electron chi connectivity index (χ1n) is 5.89. The van der Waals surface area contributed by atoms with Gasteiger partial charge in [-0.05, 0) is 6.92 Å². The van der Waals surface area contributed by atoms with Gasteiger partial charge in [-0.2, -0.15) is 0 Å². The second-order valence-corrected chi connectivity index (χ2v) is 4.00. The summed E-state index contributed by atoms with van der Waals surface area (Å²) >= 11 is 0. The van der Waals surface area contributed by atoms with Crippen molar-refractivity contribution < 1.29 is 24.7 Å². The molecule has 1 rings (SSSR count). The fraction of sp³-hybridized carbons (Fsp3) is 0.455. The Morgan fingerprint density at radius 1 is 1.55 bits per heavy atom. The number of rotatable bonds is 7. The van der Waals surface area contributed by atoms with Crippen LogP contribution in [0, 0.1) is 10.1 Å². The minimum absolute atomic E-state index is 0.00314. The van der Waals surface area contributed by atoms with Crippen LogP contribution in [0.4, 0.5) is 5.69 Å². The molecule has 1 heterocycles. The van der Waals surface area contributed by atoms with Gasteiger partial charge in [0, 0.05) is 25.6 Å². The van der Waals surface area contributed by atoms with Gasteiger partial charge in [-0.15, -0.1) is 0 Å². The molecule has 0 radical (unpaired) electrons. The lowest BCUT2D eigenvalue weighted by Gasteiger charge is -2.13. The van der Waals surface area contributed by atoms with Gasteiger partial charge in [-0.3, -0.25) is 14.9 Å². The number of carboxylic acids is 1. The van der Waals surface area contributed by atoms with E-state index in [1.54, 1.807) is 6.92 Å². The molecule has 1 aromatic rings. The summed E-state index contributed by atoms with van der Waals surface area (Å²) in [6.45, 7) is 1.63. The predicted molar refractivity (Wildman–Crippen MR) is 67.4 cm³/mol. The zero-order valence-corrected chi connectivity index (χ0v) is 10.8. The molecule has 1 atom stereocenters. The lowest BCUT2D eigenvalue weighted by molar-refractivity contribution is -0.384. The van der Waals surface area contributed by atoms with E-state index in [-0.39, 0.29) is 17.8 Å². The van der Waals surface area contributed by atoms with Crippen molar-refractivity contribution in [2.75, 3.05) is 6.61 Å². The highest BCUT2D eigenvalue weighted by Crippen LogP contribution is 2.16. The lowest BCUT2D eigenvalue weighted by atomic mass is 10.2. The highest BCUT2D eigenvalue weighted by molar-refractivity contribution is 5.96. The van der Waals surface area contributed by atoms with E-state index in [1.165, 1.54) is 10.8 Å². The fourth-order valence-electron chi connectivity index (χ4n) is 1.67. The molecular formula is C11H15N3O6. The van der Waals surface area contributed by atoms with Crippen LogP contribution in [0.2, 0.25) is 0 Å². The second-order valence-electron chi connectivity index (χ2n) is 4.00. The number of hydrogen-bond donors (Lipinski definition) is 3. The topological polar surface area (TPSA) is 135 Å². The molecule has 20 heavy (non-hydrogen) atoms. The molecule has 9 nitrogen and oxygen atoms in total. The molecular weight excluding hydrogens is 270 g/mol. The van der Waals surface area contributed by atoms with E-state index in [4.69, 9.17) is 10.2 Å². The van der Waals surface area contributed by atoms with Crippen molar-refractivity contribution in [3.63, 3.8) is 0 Å². The lowest BCUT2D eigenvalue weighted by Crippen LogP contribution is -2.42. The van der Waals surface area contributed by atoms with Gasteiger partial charge in [0.1, 0.15) is 11.7 Å². The molecule has 0 saturated heterocycles. The molecule has 110 valence electrons. The van der Waals surface area contributed by atoms with E-state index in [0.29, 0.717) is 6.54 Å². The monoisotopic (exact) mass is 285 g/mol. The van der Waals surface area contributed by atoms with Crippen LogP contribution >= 0.6 is 0 Å². The maximum atomic E-state index is 12.0. The minimum atomic E-state index is -1.28. The first kappa shape index (κ1) is 15.6. The van der Waals surface area contributed by atoms with E-state index in [9.17, 15) is 19.7 Å². The molecule has 0 aliphatic heterocycles. The maximum absolute atomic E-state index is 12.0. The second kappa shape index (κ2) is 6.66. The highest BCUT2D eigenvalue weighted by Gasteiger charge is 2.24. The molecule has 0 aromatic carbocycles. The van der Waals surface area contributed by atoms with Gasteiger partial charge in [-0.25, -0.2) is 4.79 Å². The van der Waals surface area contributed by atoms with E-state index in [2.05, 4.69) is 5.32 Å². The Bertz CT molecular complexity index is 524. The van der Waals surface area contributed by atoms with Crippen molar-refractivity contribution in [1.29, 1.82) is 0 Å². The molecule has 1 aromatic heterocycles. The molecule has 0 spiro atoms. The zero-order chi connectivity index (χ0) is 15.3. The Labute approximate surface area is 114 Å². The Morgan fingerprint density at radius 2 is 2.20 bits per heavy atom. The van der Waals surface area contributed by atoms with Crippen molar-refractivity contribution in [2.24, 2.45) is 0 Å². The molecule has 0 aliphatic rings. The Balaban J connectivity index is 2.96. The molecule has 1 amide bonds. The fourth-order valence-corrected chi connectivity index (χ4v) is 1.67. The van der Waals surface area contributed by atoms with Crippen LogP contribution < -0.4 is 5.32 Å². The number of aromatic nitrogens is 1. The average molecular weight is 285 g/mol. The number of aliphatic hydroxyl groups is 1. The Hall–Kier alpha value is -2.42. The summed E-state index contributed by atoms with van der Waals surface area (Å²) in [6.07, 6.45) is 1.06. The number of amides is 1. The SMILES string of the molecule is CCn1cc([N+](=O)[O-])cc1C(=O)NC(CCO)C(=O)O. The van der Waals surface area contributed by atoms with Crippen LogP contribution in [0.25, 0.3) is 0 Å². The molecule has 9 heteroatoms. The van der Waals surface area contributed by atoms with Gasteiger partial charge in [0.05, 0.1) is 11.1 Å². The van der Waals surface area contributed by atoms with Gasteiger partial charge >= 0.3 is 5.97 Å². The third-order valence-corrected chi connectivity index (χ3v) is 2.69. The standard InChI is InChI=1S/C11H15N3O6/c1-2-13-6-7(14(19)20)5-9(13)10(16)12-8(3-4-15)11(17)18/h5-6,8,15H,2-4H2,1H3,(H,12,16)(H,17,18). The first-order valence-corrected chi connectivity index (χ1v) is 5.89. The van der Waals surface area contributed by atoms with Gasteiger partial charge in [-0.1, -0.05) is 0 Å². The number of aryl methyl sites for hydroxylation is 1. The molecule has 1 unspecified atom stereocenters. The minimum Gasteiger partial charge on any atom is -0.480 e. The normalized spacial score (nSPS) is 11.9. The third-order valence-electron chi connectivity index (χ3n) is 2.69. The van der Waals surface area contributed by atoms with Gasteiger partial charge < -0.3 is 20.1 Å². The summed E-state index contributed by atoms with van der Waals surface area (Å²) in [5.74, 6) is -2.02. The number of hydrogen-bond acceptors (Lipinski definition) is 5. The average Bonchev–Trinajstić information content (AvgIpc) is 2.82. The number of nitrogens with one attached hydrogen (secondary N) is 1. The first-order chi connectivity index (χ1) is 9.40. The number of nitrogens with zero attached hydrogens (tertiary/aromatic N) is 2. The number of carbonyl (C=O) groups excluding carboxylic acids is 1. The number of carboxylic acid groups (broad SMARTS) is 1. The van der Waals surface area contributed by atoms with Crippen LogP contribution in [0.1, 0.15) is 23.8 Å². The Morgan fingerprint density at radius 3 is 2.65 bits per heavy atom. The summed E-state index contributed by atoms with van der Waals surface area (Å²) in [5, 5.41) is 30.5. The molecule has 0 saturated carbocycles. The molecule has 0 aliphatic carbocycles. The van der Waals surface area contributed by atoms with Gasteiger partial charge in [0.15, 0.2) is 0 Å². The van der Waals surface area contributed by atoms with Crippen LogP contribution in [0.5, 0.6) is 0 Å². The third kappa shape index (κ3) is 3.54. The quantitative estimate of drug-likeness (QED) is 0.476. The summed E-state index contributed by atoms with van der Waals surface area (Å²) in [5.41, 5.74) is -0.241. The molecule has 3 N–H and O–H groups in total. The number of aliphatic hydroxyl groups excluding tert-OH is 1. The van der Waals surface area contributed by atoms with E-state index in [1.807, 2.05) is 0 Å². The zero-order valence-electron chi connectivity index (χ0n) is 10.8.